The number of amides is 1. The van der Waals surface area contributed by atoms with Crippen LogP contribution in [0.25, 0.3) is 0 Å². The molecule has 1 saturated carbocycles. The van der Waals surface area contributed by atoms with Crippen LogP contribution in [0.15, 0.2) is 60.7 Å². The van der Waals surface area contributed by atoms with Gasteiger partial charge in [-0.1, -0.05) is 42.5 Å². The van der Waals surface area contributed by atoms with E-state index in [0.717, 1.165) is 31.2 Å². The number of anilines is 1. The number of halogens is 3. The van der Waals surface area contributed by atoms with Crippen molar-refractivity contribution in [2.75, 3.05) is 5.32 Å². The van der Waals surface area contributed by atoms with Gasteiger partial charge in [0.25, 0.3) is 0 Å². The number of rotatable bonds is 6. The van der Waals surface area contributed by atoms with Gasteiger partial charge in [0.05, 0.1) is 22.7 Å². The lowest BCUT2D eigenvalue weighted by atomic mass is 9.82. The number of ketones is 2. The second-order valence-corrected chi connectivity index (χ2v) is 10.5. The molecule has 5 rings (SSSR count). The fraction of sp³-hybridized carbons (Fsp3) is 0.290. The highest BCUT2D eigenvalue weighted by Crippen LogP contribution is 2.40. The van der Waals surface area contributed by atoms with E-state index in [2.05, 4.69) is 10.6 Å². The molecule has 2 aliphatic carbocycles. The van der Waals surface area contributed by atoms with Crippen molar-refractivity contribution in [1.29, 1.82) is 0 Å². The summed E-state index contributed by atoms with van der Waals surface area (Å²) in [7, 11) is 0. The number of carboxylic acids is 1. The molecular weight excluding hydrogens is 583 g/mol. The van der Waals surface area contributed by atoms with E-state index in [-0.39, 0.29) is 51.7 Å². The van der Waals surface area contributed by atoms with Crippen LogP contribution in [0.1, 0.15) is 63.1 Å². The van der Waals surface area contributed by atoms with Crippen LogP contribution in [0.5, 0.6) is 11.5 Å². The Bertz CT molecular complexity index is 1570. The van der Waals surface area contributed by atoms with Crippen molar-refractivity contribution < 1.29 is 47.7 Å². The predicted octanol–water partition coefficient (Wildman–Crippen LogP) is 3.92. The van der Waals surface area contributed by atoms with Crippen molar-refractivity contribution in [2.24, 2.45) is 5.73 Å². The van der Waals surface area contributed by atoms with Crippen LogP contribution in [0.4, 0.5) is 18.9 Å². The topological polar surface area (TPSA) is 179 Å². The zero-order chi connectivity index (χ0) is 32.2. The van der Waals surface area contributed by atoms with Crippen molar-refractivity contribution in [3.63, 3.8) is 0 Å². The molecule has 13 heteroatoms. The molecule has 0 spiro atoms. The Morgan fingerprint density at radius 3 is 2.02 bits per heavy atom. The molecular formula is C31H30F3N3O7. The molecule has 1 atom stereocenters. The Hall–Kier alpha value is -4.91. The zero-order valence-corrected chi connectivity index (χ0v) is 23.2. The third-order valence-corrected chi connectivity index (χ3v) is 7.46. The average Bonchev–Trinajstić information content (AvgIpc) is 2.98. The number of benzene rings is 3. The van der Waals surface area contributed by atoms with Crippen LogP contribution in [0.2, 0.25) is 0 Å². The van der Waals surface area contributed by atoms with Crippen molar-refractivity contribution in [1.82, 2.24) is 5.32 Å². The van der Waals surface area contributed by atoms with Crippen molar-refractivity contribution in [2.45, 2.75) is 56.4 Å². The van der Waals surface area contributed by atoms with Crippen molar-refractivity contribution >= 4 is 29.1 Å². The van der Waals surface area contributed by atoms with Gasteiger partial charge in [-0.3, -0.25) is 14.4 Å². The molecule has 44 heavy (non-hydrogen) atoms. The summed E-state index contributed by atoms with van der Waals surface area (Å²) in [6.07, 6.45) is -1.67. The molecule has 10 nitrogen and oxygen atoms in total. The van der Waals surface area contributed by atoms with Gasteiger partial charge in [-0.2, -0.15) is 13.2 Å². The monoisotopic (exact) mass is 613 g/mol. The summed E-state index contributed by atoms with van der Waals surface area (Å²) in [5.41, 5.74) is 7.62. The molecule has 232 valence electrons. The number of carbonyl (C=O) groups excluding carboxylic acids is 3. The van der Waals surface area contributed by atoms with Crippen molar-refractivity contribution in [3.8, 4) is 11.5 Å². The lowest BCUT2D eigenvalue weighted by molar-refractivity contribution is -0.192. The lowest BCUT2D eigenvalue weighted by Crippen LogP contribution is -2.48. The Morgan fingerprint density at radius 1 is 0.818 bits per heavy atom. The summed E-state index contributed by atoms with van der Waals surface area (Å²) in [5, 5.41) is 34.2. The normalized spacial score (nSPS) is 18.2. The summed E-state index contributed by atoms with van der Waals surface area (Å²) in [4.78, 5) is 47.9. The smallest absolute Gasteiger partial charge is 0.490 e. The second-order valence-electron chi connectivity index (χ2n) is 10.5. The molecule has 0 saturated heterocycles. The van der Waals surface area contributed by atoms with Gasteiger partial charge in [-0.25, -0.2) is 4.79 Å². The standard InChI is InChI=1S/C29H29N3O5.C2HF3O2/c30-20(15-16-5-2-1-3-6-16)29(37)32-18-11-9-17(10-12-18)31-21-13-14-23(34)26-25(21)28(36)24-19(27(26)35)7-4-8-22(24)33;3-2(4,5)1(6)7/h1-8,13-14,17-18,20,31,33-34H,9-12,15,30H2,(H,32,37);(H,6,7)/t17?,18?,20-;/m0./s1. The first-order chi connectivity index (χ1) is 20.8. The van der Waals surface area contributed by atoms with Gasteiger partial charge in [-0.15, -0.1) is 0 Å². The van der Waals surface area contributed by atoms with E-state index in [0.29, 0.717) is 12.1 Å². The van der Waals surface area contributed by atoms with E-state index >= 15 is 0 Å². The summed E-state index contributed by atoms with van der Waals surface area (Å²) in [6, 6.07) is 16.4. The van der Waals surface area contributed by atoms with Crippen LogP contribution in [0.3, 0.4) is 0 Å². The first kappa shape index (κ1) is 32.0. The molecule has 3 aromatic carbocycles. The molecule has 2 aliphatic rings. The van der Waals surface area contributed by atoms with E-state index in [9.17, 15) is 37.8 Å². The number of carboxylic acid groups (broad SMARTS) is 1. The van der Waals surface area contributed by atoms with Crippen LogP contribution < -0.4 is 16.4 Å². The number of nitrogens with one attached hydrogen (secondary N) is 2. The molecule has 3 aromatic rings. The van der Waals surface area contributed by atoms with E-state index < -0.39 is 29.8 Å². The number of carbonyl (C=O) groups is 4. The maximum Gasteiger partial charge on any atom is 0.490 e. The summed E-state index contributed by atoms with van der Waals surface area (Å²) >= 11 is 0. The van der Waals surface area contributed by atoms with Crippen LogP contribution in [0, 0.1) is 0 Å². The second kappa shape index (κ2) is 13.2. The third-order valence-electron chi connectivity index (χ3n) is 7.46. The number of hydrogen-bond donors (Lipinski definition) is 6. The first-order valence-corrected chi connectivity index (χ1v) is 13.7. The molecule has 1 fully saturated rings. The Balaban J connectivity index is 0.000000566. The highest BCUT2D eigenvalue weighted by atomic mass is 19.4. The molecule has 0 heterocycles. The quantitative estimate of drug-likeness (QED) is 0.176. The number of nitrogens with two attached hydrogens (primary N) is 1. The van der Waals surface area contributed by atoms with E-state index in [1.807, 2.05) is 30.3 Å². The fourth-order valence-corrected chi connectivity index (χ4v) is 5.28. The highest BCUT2D eigenvalue weighted by molar-refractivity contribution is 6.31. The van der Waals surface area contributed by atoms with Crippen LogP contribution in [-0.4, -0.2) is 63.1 Å². The molecule has 7 N–H and O–H groups in total. The third kappa shape index (κ3) is 7.17. The summed E-state index contributed by atoms with van der Waals surface area (Å²) < 4.78 is 31.7. The molecule has 0 radical (unpaired) electrons. The minimum atomic E-state index is -5.08. The van der Waals surface area contributed by atoms with Gasteiger partial charge in [0.2, 0.25) is 5.91 Å². The number of aliphatic carboxylic acids is 1. The first-order valence-electron chi connectivity index (χ1n) is 13.7. The minimum absolute atomic E-state index is 0.00754. The van der Waals surface area contributed by atoms with Crippen LogP contribution in [-0.2, 0) is 16.0 Å². The number of phenolic OH excluding ortho intramolecular Hbond substituents is 2. The molecule has 0 aromatic heterocycles. The highest BCUT2D eigenvalue weighted by Gasteiger charge is 2.38. The van der Waals surface area contributed by atoms with E-state index in [1.54, 1.807) is 6.07 Å². The Morgan fingerprint density at radius 2 is 1.41 bits per heavy atom. The molecule has 0 bridgehead atoms. The zero-order valence-electron chi connectivity index (χ0n) is 23.2. The fourth-order valence-electron chi connectivity index (χ4n) is 5.28. The number of aromatic hydroxyl groups is 2. The number of fused-ring (bicyclic) bond motifs is 2. The van der Waals surface area contributed by atoms with Gasteiger partial charge in [0, 0.05) is 23.3 Å². The van der Waals surface area contributed by atoms with Gasteiger partial charge < -0.3 is 31.7 Å². The van der Waals surface area contributed by atoms with Crippen molar-refractivity contribution in [3.05, 3.63) is 88.5 Å². The van der Waals surface area contributed by atoms with Gasteiger partial charge in [-0.05, 0) is 55.9 Å². The predicted molar refractivity (Wildman–Crippen MR) is 153 cm³/mol. The molecule has 0 aliphatic heterocycles. The average molecular weight is 614 g/mol. The number of phenols is 2. The van der Waals surface area contributed by atoms with E-state index in [1.165, 1.54) is 24.3 Å². The minimum Gasteiger partial charge on any atom is -0.507 e. The van der Waals surface area contributed by atoms with Gasteiger partial charge in [0.15, 0.2) is 11.6 Å². The van der Waals surface area contributed by atoms with Gasteiger partial charge >= 0.3 is 12.1 Å². The van der Waals surface area contributed by atoms with Gasteiger partial charge in [0.1, 0.15) is 11.5 Å². The molecule has 1 amide bonds. The summed E-state index contributed by atoms with van der Waals surface area (Å²) in [6.45, 7) is 0. The Labute approximate surface area is 249 Å². The Kier molecular flexibility index (Phi) is 9.58. The van der Waals surface area contributed by atoms with Crippen LogP contribution >= 0.6 is 0 Å². The summed E-state index contributed by atoms with van der Waals surface area (Å²) in [5.74, 6) is -4.47. The number of hydrogen-bond acceptors (Lipinski definition) is 8. The lowest BCUT2D eigenvalue weighted by Gasteiger charge is -2.32. The maximum absolute atomic E-state index is 13.3. The maximum atomic E-state index is 13.3. The number of alkyl halides is 3. The largest absolute Gasteiger partial charge is 0.507 e. The molecule has 0 unspecified atom stereocenters. The SMILES string of the molecule is N[C@@H](Cc1ccccc1)C(=O)NC1CCC(Nc2ccc(O)c3c2C(=O)c2c(O)cccc2C3=O)CC1.O=C(O)C(F)(F)F. The van der Waals surface area contributed by atoms with E-state index in [4.69, 9.17) is 15.6 Å².